The Morgan fingerprint density at radius 3 is 2.16 bits per heavy atom. The predicted molar refractivity (Wildman–Crippen MR) is 147 cm³/mol. The van der Waals surface area contributed by atoms with Gasteiger partial charge in [-0.15, -0.1) is 0 Å². The molecule has 9 N–H and O–H groups in total. The average molecular weight is 625 g/mol. The highest BCUT2D eigenvalue weighted by Gasteiger charge is 2.52. The van der Waals surface area contributed by atoms with Crippen molar-refractivity contribution in [2.75, 3.05) is 13.2 Å². The maximum atomic E-state index is 12.8. The van der Waals surface area contributed by atoms with Gasteiger partial charge in [-0.2, -0.15) is 0 Å². The summed E-state index contributed by atoms with van der Waals surface area (Å²) in [6.07, 6.45) is -12.6. The fraction of sp³-hybridized carbons (Fsp3) is 0.483. The van der Waals surface area contributed by atoms with Crippen LogP contribution in [0.25, 0.3) is 6.08 Å². The Balaban J connectivity index is 1.52. The van der Waals surface area contributed by atoms with Crippen molar-refractivity contribution >= 4 is 12.0 Å². The van der Waals surface area contributed by atoms with Crippen molar-refractivity contribution in [3.63, 3.8) is 0 Å². The molecule has 15 heteroatoms. The molecule has 2 aliphatic heterocycles. The molecule has 2 aromatic rings. The fourth-order valence-corrected chi connectivity index (χ4v) is 4.76. The SMILES string of the molecule is CC1O[C@@H](O[C@@H]2C(O)[C@@H](OCCc3ccc(O)c(O)c3)OC(CO)[C@@H]2OC(=O)/C=C/c2ccc(O)c(O)c2)C(O)[C@@H](O)[C@H]1O. The topological polar surface area (TPSA) is 245 Å². The van der Waals surface area contributed by atoms with Gasteiger partial charge >= 0.3 is 5.97 Å². The smallest absolute Gasteiger partial charge is 0.331 e. The van der Waals surface area contributed by atoms with Gasteiger partial charge < -0.3 is 69.6 Å². The molecule has 0 aliphatic carbocycles. The van der Waals surface area contributed by atoms with Gasteiger partial charge in [0.15, 0.2) is 41.7 Å². The molecular weight excluding hydrogens is 588 g/mol. The molecule has 4 unspecified atom stereocenters. The molecule has 2 fully saturated rings. The van der Waals surface area contributed by atoms with E-state index in [-0.39, 0.29) is 30.3 Å². The number of aliphatic hydroxyl groups excluding tert-OH is 5. The van der Waals surface area contributed by atoms with E-state index in [4.69, 9.17) is 23.7 Å². The maximum absolute atomic E-state index is 12.8. The van der Waals surface area contributed by atoms with Crippen molar-refractivity contribution in [1.29, 1.82) is 0 Å². The van der Waals surface area contributed by atoms with Crippen LogP contribution in [0.5, 0.6) is 23.0 Å². The molecule has 0 aromatic heterocycles. The highest BCUT2D eigenvalue weighted by atomic mass is 16.7. The second-order valence-corrected chi connectivity index (χ2v) is 10.4. The fourth-order valence-electron chi connectivity index (χ4n) is 4.76. The first-order valence-electron chi connectivity index (χ1n) is 13.7. The van der Waals surface area contributed by atoms with E-state index in [1.165, 1.54) is 43.3 Å². The predicted octanol–water partition coefficient (Wildman–Crippen LogP) is -1.02. The summed E-state index contributed by atoms with van der Waals surface area (Å²) in [7, 11) is 0. The van der Waals surface area contributed by atoms with E-state index < -0.39 is 79.7 Å². The summed E-state index contributed by atoms with van der Waals surface area (Å²) < 4.78 is 28.2. The summed E-state index contributed by atoms with van der Waals surface area (Å²) in [6.45, 7) is 0.606. The zero-order valence-electron chi connectivity index (χ0n) is 23.5. The number of ether oxygens (including phenoxy) is 5. The molecule has 0 bridgehead atoms. The lowest BCUT2D eigenvalue weighted by atomic mass is 9.97. The van der Waals surface area contributed by atoms with Gasteiger partial charge in [0.25, 0.3) is 0 Å². The number of phenols is 4. The van der Waals surface area contributed by atoms with Gasteiger partial charge in [-0.1, -0.05) is 12.1 Å². The molecule has 15 nitrogen and oxygen atoms in total. The molecule has 0 saturated carbocycles. The second kappa shape index (κ2) is 14.5. The van der Waals surface area contributed by atoms with Crippen LogP contribution in [0, 0.1) is 0 Å². The summed E-state index contributed by atoms with van der Waals surface area (Å²) in [5.41, 5.74) is 0.914. The number of carbonyl (C=O) groups excluding carboxylic acids is 1. The number of phenolic OH excluding ortho intramolecular Hbond substituents is 4. The standard InChI is InChI=1S/C29H36O15/c1-13-22(36)23(37)24(38)29(41-13)44-27-25(39)28(40-9-8-15-3-6-17(32)19(34)11-15)42-20(12-30)26(27)43-21(35)7-4-14-2-5-16(31)18(33)10-14/h2-7,10-11,13,20,22-34,36-39H,8-9,12H2,1H3/b7-4+/t13?,20?,22-,23-,24?,25?,26-,27+,28-,29-/m0/s1. The van der Waals surface area contributed by atoms with E-state index >= 15 is 0 Å². The van der Waals surface area contributed by atoms with Crippen LogP contribution in [-0.4, -0.2) is 127 Å². The molecule has 2 aliphatic rings. The van der Waals surface area contributed by atoms with Crippen LogP contribution in [0.1, 0.15) is 18.1 Å². The Morgan fingerprint density at radius 2 is 1.50 bits per heavy atom. The van der Waals surface area contributed by atoms with E-state index in [1.807, 2.05) is 0 Å². The van der Waals surface area contributed by atoms with Crippen molar-refractivity contribution in [3.05, 3.63) is 53.6 Å². The summed E-state index contributed by atoms with van der Waals surface area (Å²) in [4.78, 5) is 12.8. The molecule has 44 heavy (non-hydrogen) atoms. The average Bonchev–Trinajstić information content (AvgIpc) is 2.99. The number of hydrogen-bond donors (Lipinski definition) is 9. The molecular formula is C29H36O15. The number of esters is 1. The van der Waals surface area contributed by atoms with Gasteiger partial charge in [-0.25, -0.2) is 4.79 Å². The number of aliphatic hydroxyl groups is 5. The lowest BCUT2D eigenvalue weighted by Gasteiger charge is -2.46. The van der Waals surface area contributed by atoms with E-state index in [1.54, 1.807) is 6.07 Å². The third kappa shape index (κ3) is 7.76. The van der Waals surface area contributed by atoms with Gasteiger partial charge in [0, 0.05) is 6.08 Å². The van der Waals surface area contributed by atoms with E-state index in [2.05, 4.69) is 0 Å². The lowest BCUT2D eigenvalue weighted by molar-refractivity contribution is -0.357. The van der Waals surface area contributed by atoms with Crippen molar-refractivity contribution in [2.24, 2.45) is 0 Å². The first-order valence-corrected chi connectivity index (χ1v) is 13.7. The van der Waals surface area contributed by atoms with Gasteiger partial charge in [-0.05, 0) is 54.8 Å². The second-order valence-electron chi connectivity index (χ2n) is 10.4. The van der Waals surface area contributed by atoms with Crippen LogP contribution in [0.4, 0.5) is 0 Å². The normalized spacial score (nSPS) is 32.5. The third-order valence-corrected chi connectivity index (χ3v) is 7.27. The first-order chi connectivity index (χ1) is 20.9. The Bertz CT molecular complexity index is 1300. The molecule has 2 aromatic carbocycles. The lowest BCUT2D eigenvalue weighted by Crippen LogP contribution is -2.65. The van der Waals surface area contributed by atoms with Crippen LogP contribution in [-0.2, 0) is 34.9 Å². The van der Waals surface area contributed by atoms with Crippen LogP contribution in [0.15, 0.2) is 42.5 Å². The highest BCUT2D eigenvalue weighted by Crippen LogP contribution is 2.32. The Hall–Kier alpha value is -3.51. The zero-order chi connectivity index (χ0) is 32.1. The third-order valence-electron chi connectivity index (χ3n) is 7.27. The largest absolute Gasteiger partial charge is 0.504 e. The van der Waals surface area contributed by atoms with Crippen LogP contribution >= 0.6 is 0 Å². The van der Waals surface area contributed by atoms with Crippen molar-refractivity contribution < 1.29 is 74.4 Å². The molecule has 4 rings (SSSR count). The van der Waals surface area contributed by atoms with Crippen LogP contribution in [0.3, 0.4) is 0 Å². The number of aromatic hydroxyl groups is 4. The number of carbonyl (C=O) groups is 1. The summed E-state index contributed by atoms with van der Waals surface area (Å²) in [6, 6.07) is 7.98. The number of hydrogen-bond acceptors (Lipinski definition) is 15. The number of rotatable bonds is 10. The molecule has 242 valence electrons. The van der Waals surface area contributed by atoms with Gasteiger partial charge in [0.1, 0.15) is 36.6 Å². The number of benzene rings is 2. The highest BCUT2D eigenvalue weighted by molar-refractivity contribution is 5.87. The minimum absolute atomic E-state index is 0.0754. The molecule has 10 atom stereocenters. The molecule has 2 saturated heterocycles. The molecule has 0 spiro atoms. The van der Waals surface area contributed by atoms with Gasteiger partial charge in [0.05, 0.1) is 19.3 Å². The van der Waals surface area contributed by atoms with Crippen molar-refractivity contribution in [3.8, 4) is 23.0 Å². The van der Waals surface area contributed by atoms with Crippen LogP contribution in [0.2, 0.25) is 0 Å². The van der Waals surface area contributed by atoms with Gasteiger partial charge in [-0.3, -0.25) is 0 Å². The van der Waals surface area contributed by atoms with Crippen molar-refractivity contribution in [2.45, 2.75) is 74.8 Å². The Labute approximate surface area is 251 Å². The van der Waals surface area contributed by atoms with E-state index in [9.17, 15) is 50.8 Å². The molecule has 0 radical (unpaired) electrons. The zero-order valence-corrected chi connectivity index (χ0v) is 23.5. The maximum Gasteiger partial charge on any atom is 0.331 e. The van der Waals surface area contributed by atoms with Gasteiger partial charge in [0.2, 0.25) is 0 Å². The van der Waals surface area contributed by atoms with E-state index in [0.717, 1.165) is 6.08 Å². The van der Waals surface area contributed by atoms with E-state index in [0.29, 0.717) is 11.1 Å². The summed E-state index contributed by atoms with van der Waals surface area (Å²) in [5, 5.41) is 90.5. The summed E-state index contributed by atoms with van der Waals surface area (Å²) >= 11 is 0. The molecule has 0 amide bonds. The Kier molecular flexibility index (Phi) is 11.0. The monoisotopic (exact) mass is 624 g/mol. The molecule has 2 heterocycles. The van der Waals surface area contributed by atoms with Crippen LogP contribution < -0.4 is 0 Å². The minimum atomic E-state index is -1.77. The first kappa shape index (κ1) is 33.4. The minimum Gasteiger partial charge on any atom is -0.504 e. The Morgan fingerprint density at radius 1 is 0.818 bits per heavy atom. The summed E-state index contributed by atoms with van der Waals surface area (Å²) in [5.74, 6) is -2.40. The quantitative estimate of drug-likeness (QED) is 0.0873. The van der Waals surface area contributed by atoms with Crippen molar-refractivity contribution in [1.82, 2.24) is 0 Å².